The Morgan fingerprint density at radius 2 is 1.69 bits per heavy atom. The van der Waals surface area contributed by atoms with E-state index in [-0.39, 0.29) is 16.5 Å². The molecule has 0 aromatic heterocycles. The summed E-state index contributed by atoms with van der Waals surface area (Å²) in [5.41, 5.74) is 1.94. The number of sulfonamides is 1. The summed E-state index contributed by atoms with van der Waals surface area (Å²) in [5, 5.41) is 0. The van der Waals surface area contributed by atoms with E-state index in [1.54, 1.807) is 23.1 Å². The van der Waals surface area contributed by atoms with Gasteiger partial charge in [0.2, 0.25) is 5.91 Å². The van der Waals surface area contributed by atoms with Gasteiger partial charge in [0.25, 0.3) is 10.0 Å². The van der Waals surface area contributed by atoms with E-state index in [2.05, 4.69) is 0 Å². The molecule has 0 saturated heterocycles. The first-order chi connectivity index (χ1) is 14.0. The first-order valence-corrected chi connectivity index (χ1v) is 10.6. The summed E-state index contributed by atoms with van der Waals surface area (Å²) >= 11 is 0. The smallest absolute Gasteiger partial charge is 0.264 e. The summed E-state index contributed by atoms with van der Waals surface area (Å²) in [6.07, 6.45) is 0.716. The molecule has 1 aliphatic heterocycles. The molecule has 0 atom stereocenters. The van der Waals surface area contributed by atoms with Gasteiger partial charge in [-0.15, -0.1) is 0 Å². The van der Waals surface area contributed by atoms with Gasteiger partial charge in [-0.1, -0.05) is 42.5 Å². The number of hydrogen-bond donors (Lipinski definition) is 0. The molecule has 148 valence electrons. The van der Waals surface area contributed by atoms with E-state index in [4.69, 9.17) is 0 Å². The van der Waals surface area contributed by atoms with Crippen molar-refractivity contribution in [1.82, 2.24) is 0 Å². The fraction of sp³-hybridized carbons (Fsp3) is 0.136. The Hall–Kier alpha value is -3.19. The third-order valence-corrected chi connectivity index (χ3v) is 6.68. The Bertz CT molecular complexity index is 1150. The van der Waals surface area contributed by atoms with E-state index in [0.29, 0.717) is 13.0 Å². The maximum atomic E-state index is 13.8. The number of para-hydroxylation sites is 1. The standard InChI is InChI=1S/C22H19FN2O3S/c23-18-8-6-9-19(15-18)25(29(27,28)20-10-2-1-3-11-20)16-22(26)24-14-13-17-7-4-5-12-21(17)24/h1-12,15H,13-14,16H2. The van der Waals surface area contributed by atoms with Gasteiger partial charge in [-0.05, 0) is 48.4 Å². The van der Waals surface area contributed by atoms with Gasteiger partial charge in [0.15, 0.2) is 0 Å². The number of fused-ring (bicyclic) bond motifs is 1. The van der Waals surface area contributed by atoms with Gasteiger partial charge < -0.3 is 4.90 Å². The van der Waals surface area contributed by atoms with Crippen molar-refractivity contribution in [3.63, 3.8) is 0 Å². The summed E-state index contributed by atoms with van der Waals surface area (Å²) in [5.74, 6) is -0.937. The second-order valence-electron chi connectivity index (χ2n) is 6.73. The maximum Gasteiger partial charge on any atom is 0.264 e. The van der Waals surface area contributed by atoms with Gasteiger partial charge in [-0.25, -0.2) is 12.8 Å². The van der Waals surface area contributed by atoms with Crippen LogP contribution in [-0.4, -0.2) is 27.4 Å². The Balaban J connectivity index is 1.71. The van der Waals surface area contributed by atoms with Gasteiger partial charge in [-0.2, -0.15) is 0 Å². The quantitative estimate of drug-likeness (QED) is 0.646. The molecule has 0 bridgehead atoms. The summed E-state index contributed by atoms with van der Waals surface area (Å²) in [4.78, 5) is 14.7. The molecule has 0 radical (unpaired) electrons. The second kappa shape index (κ2) is 7.67. The lowest BCUT2D eigenvalue weighted by atomic mass is 10.2. The Morgan fingerprint density at radius 3 is 2.45 bits per heavy atom. The van der Waals surface area contributed by atoms with E-state index in [0.717, 1.165) is 21.6 Å². The molecule has 0 fully saturated rings. The van der Waals surface area contributed by atoms with Crippen LogP contribution >= 0.6 is 0 Å². The average molecular weight is 410 g/mol. The topological polar surface area (TPSA) is 57.7 Å². The lowest BCUT2D eigenvalue weighted by Crippen LogP contribution is -2.42. The molecule has 0 unspecified atom stereocenters. The Kier molecular flexibility index (Phi) is 5.07. The lowest BCUT2D eigenvalue weighted by molar-refractivity contribution is -0.117. The zero-order valence-corrected chi connectivity index (χ0v) is 16.3. The molecule has 0 spiro atoms. The highest BCUT2D eigenvalue weighted by atomic mass is 32.2. The molecule has 1 aliphatic rings. The Labute approximate surface area is 169 Å². The van der Waals surface area contributed by atoms with Crippen molar-refractivity contribution in [2.45, 2.75) is 11.3 Å². The number of halogens is 1. The minimum atomic E-state index is -4.05. The van der Waals surface area contributed by atoms with Crippen molar-refractivity contribution < 1.29 is 17.6 Å². The molecule has 7 heteroatoms. The van der Waals surface area contributed by atoms with E-state index >= 15 is 0 Å². The first-order valence-electron chi connectivity index (χ1n) is 9.18. The normalized spacial score (nSPS) is 13.2. The highest BCUT2D eigenvalue weighted by Crippen LogP contribution is 2.29. The van der Waals surface area contributed by atoms with E-state index in [9.17, 15) is 17.6 Å². The molecule has 3 aromatic rings. The zero-order valence-electron chi connectivity index (χ0n) is 15.5. The molecule has 1 amide bonds. The number of amides is 1. The van der Waals surface area contributed by atoms with Gasteiger partial charge in [0.05, 0.1) is 10.6 Å². The number of carbonyl (C=O) groups excluding carboxylic acids is 1. The van der Waals surface area contributed by atoms with E-state index < -0.39 is 22.4 Å². The highest BCUT2D eigenvalue weighted by molar-refractivity contribution is 7.92. The molecule has 4 rings (SSSR count). The highest BCUT2D eigenvalue weighted by Gasteiger charge is 2.31. The van der Waals surface area contributed by atoms with Crippen molar-refractivity contribution in [3.05, 3.63) is 90.2 Å². The van der Waals surface area contributed by atoms with Crippen molar-refractivity contribution in [2.75, 3.05) is 22.3 Å². The number of nitrogens with zero attached hydrogens (tertiary/aromatic N) is 2. The summed E-state index contributed by atoms with van der Waals surface area (Å²) in [7, 11) is -4.05. The number of benzene rings is 3. The van der Waals surface area contributed by atoms with Crippen LogP contribution in [0.5, 0.6) is 0 Å². The zero-order chi connectivity index (χ0) is 20.4. The fourth-order valence-electron chi connectivity index (χ4n) is 3.47. The predicted octanol–water partition coefficient (Wildman–Crippen LogP) is 3.61. The molecule has 1 heterocycles. The molecular formula is C22H19FN2O3S. The summed E-state index contributed by atoms with van der Waals surface area (Å²) < 4.78 is 41.3. The van der Waals surface area contributed by atoms with Gasteiger partial charge >= 0.3 is 0 Å². The number of hydrogen-bond acceptors (Lipinski definition) is 3. The van der Waals surface area contributed by atoms with Crippen LogP contribution in [0.4, 0.5) is 15.8 Å². The van der Waals surface area contributed by atoms with Crippen LogP contribution in [-0.2, 0) is 21.2 Å². The Morgan fingerprint density at radius 1 is 0.966 bits per heavy atom. The molecule has 3 aromatic carbocycles. The van der Waals surface area contributed by atoms with Crippen molar-refractivity contribution >= 4 is 27.3 Å². The third kappa shape index (κ3) is 3.73. The molecule has 0 N–H and O–H groups in total. The van der Waals surface area contributed by atoms with Crippen LogP contribution in [0, 0.1) is 5.82 Å². The van der Waals surface area contributed by atoms with Crippen LogP contribution in [0.1, 0.15) is 5.56 Å². The molecule has 29 heavy (non-hydrogen) atoms. The second-order valence-corrected chi connectivity index (χ2v) is 8.59. The third-order valence-electron chi connectivity index (χ3n) is 4.89. The van der Waals surface area contributed by atoms with Crippen molar-refractivity contribution in [2.24, 2.45) is 0 Å². The minimum Gasteiger partial charge on any atom is -0.310 e. The van der Waals surface area contributed by atoms with Crippen LogP contribution in [0.15, 0.2) is 83.8 Å². The molecular weight excluding hydrogens is 391 g/mol. The van der Waals surface area contributed by atoms with Crippen LogP contribution < -0.4 is 9.21 Å². The largest absolute Gasteiger partial charge is 0.310 e. The van der Waals surface area contributed by atoms with Gasteiger partial charge in [0.1, 0.15) is 12.4 Å². The minimum absolute atomic E-state index is 0.0406. The van der Waals surface area contributed by atoms with Gasteiger partial charge in [-0.3, -0.25) is 9.10 Å². The SMILES string of the molecule is O=C(CN(c1cccc(F)c1)S(=O)(=O)c1ccccc1)N1CCc2ccccc21. The van der Waals surface area contributed by atoms with Crippen LogP contribution in [0.2, 0.25) is 0 Å². The van der Waals surface area contributed by atoms with E-state index in [1.807, 2.05) is 24.3 Å². The maximum absolute atomic E-state index is 13.8. The van der Waals surface area contributed by atoms with Crippen LogP contribution in [0.3, 0.4) is 0 Å². The monoisotopic (exact) mass is 410 g/mol. The number of anilines is 2. The lowest BCUT2D eigenvalue weighted by Gasteiger charge is -2.27. The summed E-state index contributed by atoms with van der Waals surface area (Å²) in [6, 6.07) is 20.6. The average Bonchev–Trinajstić information content (AvgIpc) is 3.16. The molecule has 5 nitrogen and oxygen atoms in total. The van der Waals surface area contributed by atoms with Crippen molar-refractivity contribution in [1.29, 1.82) is 0 Å². The van der Waals surface area contributed by atoms with Crippen LogP contribution in [0.25, 0.3) is 0 Å². The predicted molar refractivity (Wildman–Crippen MR) is 110 cm³/mol. The fourth-order valence-corrected chi connectivity index (χ4v) is 4.90. The first kappa shape index (κ1) is 19.1. The number of carbonyl (C=O) groups is 1. The van der Waals surface area contributed by atoms with E-state index in [1.165, 1.54) is 30.3 Å². The molecule has 0 saturated carbocycles. The van der Waals surface area contributed by atoms with Crippen molar-refractivity contribution in [3.8, 4) is 0 Å². The number of rotatable bonds is 5. The van der Waals surface area contributed by atoms with Gasteiger partial charge in [0, 0.05) is 12.2 Å². The molecule has 0 aliphatic carbocycles. The summed E-state index contributed by atoms with van der Waals surface area (Å²) in [6.45, 7) is 0.0651.